The highest BCUT2D eigenvalue weighted by Gasteiger charge is 1.75. The maximum absolute atomic E-state index is 8.00. The van der Waals surface area contributed by atoms with Crippen LogP contribution in [0, 0.1) is 6.92 Å². The van der Waals surface area contributed by atoms with E-state index < -0.39 is 0 Å². The molecule has 0 unspecified atom stereocenters. The topological polar surface area (TPSA) is 30.2 Å². The highest BCUT2D eigenvalue weighted by molar-refractivity contribution is 5.11. The molecule has 1 aromatic heterocycles. The molecule has 0 atom stereocenters. The van der Waals surface area contributed by atoms with E-state index in [1.54, 1.807) is 12.5 Å². The van der Waals surface area contributed by atoms with E-state index in [4.69, 9.17) is 9.21 Å². The van der Waals surface area contributed by atoms with Gasteiger partial charge in [0, 0.05) is 0 Å². The van der Waals surface area contributed by atoms with Crippen LogP contribution >= 0.6 is 0 Å². The smallest absolute Gasteiger partial charge is 0.106 e. The first kappa shape index (κ1) is 6.95. The van der Waals surface area contributed by atoms with Gasteiger partial charge in [-0.25, -0.2) is 0 Å². The van der Waals surface area contributed by atoms with Crippen molar-refractivity contribution >= 4 is 6.79 Å². The van der Waals surface area contributed by atoms with Crippen molar-refractivity contribution in [1.29, 1.82) is 0 Å². The Labute approximate surface area is 48.1 Å². The van der Waals surface area contributed by atoms with Crippen LogP contribution in [0.5, 0.6) is 0 Å². The predicted molar refractivity (Wildman–Crippen MR) is 30.6 cm³/mol. The van der Waals surface area contributed by atoms with E-state index >= 15 is 0 Å². The maximum Gasteiger partial charge on any atom is 0.106 e. The van der Waals surface area contributed by atoms with Gasteiger partial charge in [-0.2, -0.15) is 0 Å². The normalized spacial score (nSPS) is 7.12. The average molecular weight is 112 g/mol. The van der Waals surface area contributed by atoms with Gasteiger partial charge in [0.15, 0.2) is 0 Å². The summed E-state index contributed by atoms with van der Waals surface area (Å²) in [5.74, 6) is 0. The molecule has 0 spiro atoms. The summed E-state index contributed by atoms with van der Waals surface area (Å²) < 4.78 is 4.71. The van der Waals surface area contributed by atoms with E-state index in [1.165, 1.54) is 5.56 Å². The lowest BCUT2D eigenvalue weighted by molar-refractivity contribution is -0.0979. The number of aryl methyl sites for hydroxylation is 1. The van der Waals surface area contributed by atoms with Crippen molar-refractivity contribution in [3.05, 3.63) is 24.2 Å². The Bertz CT molecular complexity index is 121. The van der Waals surface area contributed by atoms with E-state index in [0.717, 1.165) is 0 Å². The monoisotopic (exact) mass is 112 g/mol. The molecule has 0 saturated carbocycles. The van der Waals surface area contributed by atoms with Gasteiger partial charge in [0.2, 0.25) is 0 Å². The summed E-state index contributed by atoms with van der Waals surface area (Å²) in [6, 6.07) is 1.92. The van der Waals surface area contributed by atoms with Gasteiger partial charge in [-0.05, 0) is 18.6 Å². The van der Waals surface area contributed by atoms with Crippen LogP contribution in [0.1, 0.15) is 5.56 Å². The molecule has 0 aliphatic carbocycles. The van der Waals surface area contributed by atoms with E-state index in [-0.39, 0.29) is 0 Å². The first-order chi connectivity index (χ1) is 3.89. The Morgan fingerprint density at radius 3 is 2.38 bits per heavy atom. The fourth-order valence-electron chi connectivity index (χ4n) is 0.333. The van der Waals surface area contributed by atoms with Gasteiger partial charge in [0.25, 0.3) is 0 Å². The third-order valence-electron chi connectivity index (χ3n) is 0.663. The predicted octanol–water partition coefficient (Wildman–Crippen LogP) is 1.40. The van der Waals surface area contributed by atoms with E-state index in [1.807, 2.05) is 19.8 Å². The van der Waals surface area contributed by atoms with Crippen LogP contribution in [0.15, 0.2) is 23.0 Å². The zero-order valence-corrected chi connectivity index (χ0v) is 4.76. The summed E-state index contributed by atoms with van der Waals surface area (Å²) in [5.41, 5.74) is 1.18. The molecule has 0 fully saturated rings. The summed E-state index contributed by atoms with van der Waals surface area (Å²) in [7, 11) is 0. The van der Waals surface area contributed by atoms with Crippen LogP contribution in [-0.4, -0.2) is 6.79 Å². The van der Waals surface area contributed by atoms with Gasteiger partial charge in [-0.15, -0.1) is 0 Å². The zero-order chi connectivity index (χ0) is 6.41. The van der Waals surface area contributed by atoms with E-state index in [2.05, 4.69) is 0 Å². The van der Waals surface area contributed by atoms with Crippen molar-refractivity contribution < 1.29 is 9.21 Å². The first-order valence-electron chi connectivity index (χ1n) is 2.17. The molecule has 0 radical (unpaired) electrons. The molecule has 0 aliphatic heterocycles. The van der Waals surface area contributed by atoms with E-state index in [9.17, 15) is 0 Å². The molecular weight excluding hydrogens is 104 g/mol. The summed E-state index contributed by atoms with van der Waals surface area (Å²) in [5, 5.41) is 0. The van der Waals surface area contributed by atoms with Crippen LogP contribution in [0.4, 0.5) is 0 Å². The molecule has 2 nitrogen and oxygen atoms in total. The molecule has 0 amide bonds. The van der Waals surface area contributed by atoms with Crippen LogP contribution in [0.2, 0.25) is 0 Å². The minimum absolute atomic E-state index is 1.18. The largest absolute Gasteiger partial charge is 0.472 e. The van der Waals surface area contributed by atoms with E-state index in [0.29, 0.717) is 0 Å². The van der Waals surface area contributed by atoms with Gasteiger partial charge in [-0.1, -0.05) is 0 Å². The molecule has 0 bridgehead atoms. The van der Waals surface area contributed by atoms with Crippen molar-refractivity contribution in [2.75, 3.05) is 0 Å². The summed E-state index contributed by atoms with van der Waals surface area (Å²) >= 11 is 0. The maximum atomic E-state index is 8.00. The third-order valence-corrected chi connectivity index (χ3v) is 0.663. The Morgan fingerprint density at radius 2 is 2.25 bits per heavy atom. The molecule has 0 aromatic carbocycles. The molecule has 2 heteroatoms. The molecule has 0 aliphatic rings. The molecule has 1 aromatic rings. The highest BCUT2D eigenvalue weighted by atomic mass is 16.3. The van der Waals surface area contributed by atoms with Gasteiger partial charge in [0.1, 0.15) is 6.79 Å². The zero-order valence-electron chi connectivity index (χ0n) is 4.76. The summed E-state index contributed by atoms with van der Waals surface area (Å²) in [6.45, 7) is 3.99. The summed E-state index contributed by atoms with van der Waals surface area (Å²) in [4.78, 5) is 8.00. The Balaban J connectivity index is 0.000000222. The lowest BCUT2D eigenvalue weighted by Crippen LogP contribution is -1.48. The second-order valence-corrected chi connectivity index (χ2v) is 1.30. The van der Waals surface area contributed by atoms with Crippen molar-refractivity contribution in [2.24, 2.45) is 0 Å². The minimum Gasteiger partial charge on any atom is -0.472 e. The minimum atomic E-state index is 1.18. The van der Waals surface area contributed by atoms with Gasteiger partial charge in [0.05, 0.1) is 12.5 Å². The Morgan fingerprint density at radius 1 is 1.62 bits per heavy atom. The quantitative estimate of drug-likeness (QED) is 0.507. The Kier molecular flexibility index (Phi) is 3.58. The van der Waals surface area contributed by atoms with Gasteiger partial charge in [-0.3, -0.25) is 0 Å². The fourth-order valence-corrected chi connectivity index (χ4v) is 0.333. The van der Waals surface area contributed by atoms with Gasteiger partial charge < -0.3 is 9.21 Å². The lowest BCUT2D eigenvalue weighted by atomic mass is 10.4. The molecule has 0 N–H and O–H groups in total. The van der Waals surface area contributed by atoms with Crippen molar-refractivity contribution in [3.8, 4) is 0 Å². The standard InChI is InChI=1S/C5H6O.CH2O/c1-5-2-3-6-4-5;1-2/h2-4H,1H3;1H2. The number of furan rings is 1. The molecule has 1 rings (SSSR count). The summed E-state index contributed by atoms with van der Waals surface area (Å²) in [6.07, 6.45) is 3.37. The van der Waals surface area contributed by atoms with Crippen LogP contribution in [0.25, 0.3) is 0 Å². The van der Waals surface area contributed by atoms with Crippen molar-refractivity contribution in [2.45, 2.75) is 6.92 Å². The molecule has 0 saturated heterocycles. The number of rotatable bonds is 0. The first-order valence-corrected chi connectivity index (χ1v) is 2.17. The second-order valence-electron chi connectivity index (χ2n) is 1.30. The number of hydrogen-bond acceptors (Lipinski definition) is 2. The third kappa shape index (κ3) is 2.18. The molecule has 1 heterocycles. The SMILES string of the molecule is C=O.Cc1ccoc1. The lowest BCUT2D eigenvalue weighted by Gasteiger charge is -1.63. The highest BCUT2D eigenvalue weighted by Crippen LogP contribution is 1.93. The Hall–Kier alpha value is -1.05. The number of carbonyl (C=O) groups is 1. The molecule has 8 heavy (non-hydrogen) atoms. The van der Waals surface area contributed by atoms with Crippen LogP contribution in [-0.2, 0) is 4.79 Å². The molecule has 44 valence electrons. The molecular formula is C6H8O2. The number of carbonyl (C=O) groups excluding carboxylic acids is 1. The second kappa shape index (κ2) is 4.12. The van der Waals surface area contributed by atoms with Crippen LogP contribution in [0.3, 0.4) is 0 Å². The van der Waals surface area contributed by atoms with Gasteiger partial charge >= 0.3 is 0 Å². The number of hydrogen-bond donors (Lipinski definition) is 0. The van der Waals surface area contributed by atoms with Crippen molar-refractivity contribution in [3.63, 3.8) is 0 Å². The van der Waals surface area contributed by atoms with Crippen molar-refractivity contribution in [1.82, 2.24) is 0 Å². The fraction of sp³-hybridized carbons (Fsp3) is 0.167. The van der Waals surface area contributed by atoms with Crippen LogP contribution < -0.4 is 0 Å². The average Bonchev–Trinajstić information content (AvgIpc) is 2.24.